The highest BCUT2D eigenvalue weighted by molar-refractivity contribution is 5.78. The Balaban J connectivity index is 0.000000201. The molecule has 8 heteroatoms. The molecule has 0 fully saturated rings. The third-order valence-corrected chi connectivity index (χ3v) is 6.39. The largest absolute Gasteiger partial charge is 0.481 e. The van der Waals surface area contributed by atoms with Crippen molar-refractivity contribution in [3.8, 4) is 23.0 Å². The molecular weight excluding hydrogens is 464 g/mol. The van der Waals surface area contributed by atoms with Gasteiger partial charge in [0.05, 0.1) is 11.8 Å². The summed E-state index contributed by atoms with van der Waals surface area (Å²) in [5.41, 5.74) is 1.46. The zero-order chi connectivity index (χ0) is 25.9. The summed E-state index contributed by atoms with van der Waals surface area (Å²) in [6.07, 6.45) is 7.38. The van der Waals surface area contributed by atoms with E-state index in [2.05, 4.69) is 13.8 Å². The number of carbonyl (C=O) groups is 2. The number of benzene rings is 2. The molecule has 1 unspecified atom stereocenters. The van der Waals surface area contributed by atoms with Crippen LogP contribution in [0, 0.1) is 0 Å². The van der Waals surface area contributed by atoms with Crippen LogP contribution in [0.3, 0.4) is 0 Å². The van der Waals surface area contributed by atoms with Crippen LogP contribution in [0.2, 0.25) is 0 Å². The fourth-order valence-electron chi connectivity index (χ4n) is 4.48. The topological polar surface area (TPSA) is 112 Å². The lowest BCUT2D eigenvalue weighted by atomic mass is 9.92. The van der Waals surface area contributed by atoms with Crippen LogP contribution in [0.15, 0.2) is 36.4 Å². The van der Waals surface area contributed by atoms with E-state index in [1.165, 1.54) is 0 Å². The quantitative estimate of drug-likeness (QED) is 0.325. The summed E-state index contributed by atoms with van der Waals surface area (Å²) in [4.78, 5) is 22.8. The van der Waals surface area contributed by atoms with E-state index in [-0.39, 0.29) is 13.6 Å². The Hall–Kier alpha value is -3.42. The number of para-hydroxylation sites is 2. The third kappa shape index (κ3) is 6.83. The molecule has 8 nitrogen and oxygen atoms in total. The second kappa shape index (κ2) is 13.6. The molecule has 2 aliphatic heterocycles. The first-order chi connectivity index (χ1) is 17.5. The summed E-state index contributed by atoms with van der Waals surface area (Å²) in [7, 11) is 0. The summed E-state index contributed by atoms with van der Waals surface area (Å²) in [6.45, 7) is 4.56. The first kappa shape index (κ1) is 27.2. The van der Waals surface area contributed by atoms with Crippen molar-refractivity contribution in [2.75, 3.05) is 13.6 Å². The molecule has 0 aromatic heterocycles. The Labute approximate surface area is 212 Å². The molecule has 0 saturated heterocycles. The van der Waals surface area contributed by atoms with Gasteiger partial charge in [0.1, 0.15) is 0 Å². The van der Waals surface area contributed by atoms with Crippen LogP contribution in [-0.4, -0.2) is 35.7 Å². The molecule has 0 amide bonds. The fraction of sp³-hybridized carbons (Fsp3) is 0.500. The Morgan fingerprint density at radius 3 is 1.47 bits per heavy atom. The van der Waals surface area contributed by atoms with Gasteiger partial charge in [-0.25, -0.2) is 0 Å². The van der Waals surface area contributed by atoms with Crippen molar-refractivity contribution in [3.05, 3.63) is 47.5 Å². The molecule has 0 aliphatic carbocycles. The maximum absolute atomic E-state index is 11.4. The Morgan fingerprint density at radius 1 is 0.694 bits per heavy atom. The number of hydrogen-bond donors (Lipinski definition) is 2. The van der Waals surface area contributed by atoms with Gasteiger partial charge in [-0.2, -0.15) is 0 Å². The molecule has 0 bridgehead atoms. The first-order valence-electron chi connectivity index (χ1n) is 12.7. The van der Waals surface area contributed by atoms with E-state index in [9.17, 15) is 19.8 Å². The average Bonchev–Trinajstić information content (AvgIpc) is 3.54. The molecule has 2 aromatic carbocycles. The lowest BCUT2D eigenvalue weighted by Gasteiger charge is -2.14. The SMILES string of the molecule is CCCCCC(C(=O)O)c1cccc2c1OCO2.CCCCC[C@@H](C(=O)O)c1cccc2c1OCO2. The van der Waals surface area contributed by atoms with Crippen LogP contribution in [-0.2, 0) is 9.59 Å². The molecule has 2 atom stereocenters. The number of hydrogen-bond acceptors (Lipinski definition) is 6. The molecule has 0 radical (unpaired) electrons. The Kier molecular flexibility index (Phi) is 10.3. The van der Waals surface area contributed by atoms with Crippen molar-refractivity contribution in [3.63, 3.8) is 0 Å². The van der Waals surface area contributed by atoms with E-state index in [0.717, 1.165) is 49.7 Å². The van der Waals surface area contributed by atoms with Crippen LogP contribution >= 0.6 is 0 Å². The van der Waals surface area contributed by atoms with Crippen LogP contribution in [0.5, 0.6) is 23.0 Å². The molecule has 2 aliphatic rings. The van der Waals surface area contributed by atoms with Gasteiger partial charge in [0.2, 0.25) is 13.6 Å². The maximum atomic E-state index is 11.4. The molecular formula is C28H36O8. The molecule has 0 saturated carbocycles. The highest BCUT2D eigenvalue weighted by atomic mass is 16.7. The van der Waals surface area contributed by atoms with Crippen LogP contribution in [0.1, 0.15) is 88.2 Å². The summed E-state index contributed by atoms with van der Waals surface area (Å²) < 4.78 is 21.3. The summed E-state index contributed by atoms with van der Waals surface area (Å²) in [5, 5.41) is 18.7. The monoisotopic (exact) mass is 500 g/mol. The Bertz CT molecular complexity index is 937. The van der Waals surface area contributed by atoms with E-state index in [1.807, 2.05) is 24.3 Å². The molecule has 4 rings (SSSR count). The number of aliphatic carboxylic acids is 2. The normalized spacial score (nSPS) is 14.5. The van der Waals surface area contributed by atoms with E-state index in [4.69, 9.17) is 18.9 Å². The van der Waals surface area contributed by atoms with E-state index >= 15 is 0 Å². The standard InChI is InChI=1S/2C14H18O4/c2*1-2-3-4-6-11(14(15)16)10-7-5-8-12-13(10)18-9-17-12/h2*5,7-8,11H,2-4,6,9H2,1H3,(H,15,16)/t11-;/m1./s1. The fourth-order valence-corrected chi connectivity index (χ4v) is 4.48. The number of carboxylic acid groups (broad SMARTS) is 2. The highest BCUT2D eigenvalue weighted by Gasteiger charge is 2.28. The highest BCUT2D eigenvalue weighted by Crippen LogP contribution is 2.41. The van der Waals surface area contributed by atoms with Gasteiger partial charge in [-0.05, 0) is 25.0 Å². The minimum atomic E-state index is -0.796. The minimum Gasteiger partial charge on any atom is -0.481 e. The number of unbranched alkanes of at least 4 members (excludes halogenated alkanes) is 4. The maximum Gasteiger partial charge on any atom is 0.311 e. The predicted octanol–water partition coefficient (Wildman–Crippen LogP) is 6.33. The third-order valence-electron chi connectivity index (χ3n) is 6.39. The lowest BCUT2D eigenvalue weighted by Crippen LogP contribution is -2.12. The van der Waals surface area contributed by atoms with Crippen LogP contribution < -0.4 is 18.9 Å². The molecule has 196 valence electrons. The number of rotatable bonds is 12. The first-order valence-corrected chi connectivity index (χ1v) is 12.7. The van der Waals surface area contributed by atoms with Gasteiger partial charge in [-0.15, -0.1) is 0 Å². The average molecular weight is 501 g/mol. The van der Waals surface area contributed by atoms with Gasteiger partial charge in [0.15, 0.2) is 23.0 Å². The van der Waals surface area contributed by atoms with E-state index in [1.54, 1.807) is 12.1 Å². The van der Waals surface area contributed by atoms with Crippen molar-refractivity contribution in [2.24, 2.45) is 0 Å². The second-order valence-corrected chi connectivity index (χ2v) is 8.94. The number of carboxylic acids is 2. The molecule has 2 aromatic rings. The van der Waals surface area contributed by atoms with Gasteiger partial charge >= 0.3 is 11.9 Å². The summed E-state index contributed by atoms with van der Waals surface area (Å²) in [5.74, 6) is -0.113. The number of ether oxygens (including phenoxy) is 4. The van der Waals surface area contributed by atoms with Gasteiger partial charge in [-0.1, -0.05) is 76.6 Å². The van der Waals surface area contributed by atoms with Gasteiger partial charge in [-0.3, -0.25) is 9.59 Å². The number of fused-ring (bicyclic) bond motifs is 2. The summed E-state index contributed by atoms with van der Waals surface area (Å²) in [6, 6.07) is 10.9. The molecule has 36 heavy (non-hydrogen) atoms. The molecule has 2 N–H and O–H groups in total. The van der Waals surface area contributed by atoms with Gasteiger partial charge in [0, 0.05) is 11.1 Å². The summed E-state index contributed by atoms with van der Waals surface area (Å²) >= 11 is 0. The molecule has 0 spiro atoms. The van der Waals surface area contributed by atoms with Crippen LogP contribution in [0.25, 0.3) is 0 Å². The van der Waals surface area contributed by atoms with Crippen molar-refractivity contribution in [1.29, 1.82) is 0 Å². The van der Waals surface area contributed by atoms with Gasteiger partial charge in [0.25, 0.3) is 0 Å². The van der Waals surface area contributed by atoms with E-state index in [0.29, 0.717) is 35.8 Å². The molecule has 2 heterocycles. The lowest BCUT2D eigenvalue weighted by molar-refractivity contribution is -0.140. The van der Waals surface area contributed by atoms with Crippen molar-refractivity contribution >= 4 is 11.9 Å². The second-order valence-electron chi connectivity index (χ2n) is 8.94. The van der Waals surface area contributed by atoms with Crippen molar-refractivity contribution < 1.29 is 38.7 Å². The minimum absolute atomic E-state index is 0.174. The van der Waals surface area contributed by atoms with E-state index < -0.39 is 23.8 Å². The van der Waals surface area contributed by atoms with Gasteiger partial charge < -0.3 is 29.2 Å². The van der Waals surface area contributed by atoms with Crippen LogP contribution in [0.4, 0.5) is 0 Å². The zero-order valence-corrected chi connectivity index (χ0v) is 21.0. The smallest absolute Gasteiger partial charge is 0.311 e. The Morgan fingerprint density at radius 2 is 1.11 bits per heavy atom. The predicted molar refractivity (Wildman–Crippen MR) is 134 cm³/mol. The zero-order valence-electron chi connectivity index (χ0n) is 21.0. The van der Waals surface area contributed by atoms with Crippen molar-refractivity contribution in [2.45, 2.75) is 77.0 Å². The van der Waals surface area contributed by atoms with Crippen molar-refractivity contribution in [1.82, 2.24) is 0 Å².